The number of nitrogens with one attached hydrogen (secondary N) is 2. The Morgan fingerprint density at radius 2 is 2.21 bits per heavy atom. The maximum atomic E-state index is 14.2. The van der Waals surface area contributed by atoms with Gasteiger partial charge in [0.25, 0.3) is 11.9 Å². The first-order chi connectivity index (χ1) is 13.3. The molecule has 28 heavy (non-hydrogen) atoms. The third-order valence-corrected chi connectivity index (χ3v) is 3.68. The van der Waals surface area contributed by atoms with E-state index in [1.807, 2.05) is 6.07 Å². The lowest BCUT2D eigenvalue weighted by Gasteiger charge is -2.13. The molecule has 1 heterocycles. The number of hydrogen-bond donors (Lipinski definition) is 3. The van der Waals surface area contributed by atoms with Crippen LogP contribution in [0, 0.1) is 22.6 Å². The van der Waals surface area contributed by atoms with Gasteiger partial charge in [-0.3, -0.25) is 10.2 Å². The number of allylic oxidation sites excluding steroid dienone is 2. The van der Waals surface area contributed by atoms with Crippen molar-refractivity contribution < 1.29 is 18.3 Å². The third kappa shape index (κ3) is 5.35. The molecule has 0 unspecified atom stereocenters. The number of nitrogens with two attached hydrogens (primary N) is 1. The molecule has 1 amide bonds. The summed E-state index contributed by atoms with van der Waals surface area (Å²) in [4.78, 5) is 16.1. The summed E-state index contributed by atoms with van der Waals surface area (Å²) >= 11 is 0. The molecule has 1 atom stereocenters. The van der Waals surface area contributed by atoms with Gasteiger partial charge in [0.05, 0.1) is 5.56 Å². The summed E-state index contributed by atoms with van der Waals surface area (Å²) in [5.74, 6) is -1.92. The van der Waals surface area contributed by atoms with Crippen LogP contribution >= 0.6 is 0 Å². The molecule has 0 saturated heterocycles. The molecule has 1 aromatic carbocycles. The van der Waals surface area contributed by atoms with Gasteiger partial charge in [-0.15, -0.1) is 0 Å². The second-order valence-electron chi connectivity index (χ2n) is 5.76. The van der Waals surface area contributed by atoms with Gasteiger partial charge in [0.15, 0.2) is 0 Å². The van der Waals surface area contributed by atoms with E-state index >= 15 is 0 Å². The van der Waals surface area contributed by atoms with Crippen molar-refractivity contribution in [2.75, 3.05) is 12.0 Å². The number of aromatic nitrogens is 1. The summed E-state index contributed by atoms with van der Waals surface area (Å²) in [6.45, 7) is 0.595. The van der Waals surface area contributed by atoms with Crippen molar-refractivity contribution >= 4 is 17.6 Å². The molecule has 0 saturated carbocycles. The summed E-state index contributed by atoms with van der Waals surface area (Å²) in [5.41, 5.74) is 5.97. The first-order valence-corrected chi connectivity index (χ1v) is 8.09. The van der Waals surface area contributed by atoms with Gasteiger partial charge in [-0.1, -0.05) is 6.92 Å². The van der Waals surface area contributed by atoms with Gasteiger partial charge in [0.2, 0.25) is 0 Å². The SMILES string of the molecule is C[C@H](/C=C(/CF)OC(=N)N)c1cc(NC(=O)c2ccc(C#N)cn2)ccc1F. The summed E-state index contributed by atoms with van der Waals surface area (Å²) in [5, 5.41) is 18.4. The maximum Gasteiger partial charge on any atom is 0.284 e. The molecular formula is C19H17F2N5O2. The van der Waals surface area contributed by atoms with E-state index in [1.54, 1.807) is 6.92 Å². The molecule has 0 aliphatic heterocycles. The van der Waals surface area contributed by atoms with Crippen LogP contribution in [0.4, 0.5) is 14.5 Å². The molecule has 0 fully saturated rings. The zero-order valence-electron chi connectivity index (χ0n) is 14.9. The quantitative estimate of drug-likeness (QED) is 0.400. The van der Waals surface area contributed by atoms with Crippen molar-refractivity contribution in [3.8, 4) is 6.07 Å². The number of ether oxygens (including phenoxy) is 1. The number of nitriles is 1. The Morgan fingerprint density at radius 3 is 2.79 bits per heavy atom. The molecule has 144 valence electrons. The van der Waals surface area contributed by atoms with Gasteiger partial charge in [-0.25, -0.2) is 13.8 Å². The number of amides is 1. The van der Waals surface area contributed by atoms with Gasteiger partial charge in [-0.2, -0.15) is 5.26 Å². The van der Waals surface area contributed by atoms with Crippen LogP contribution in [0.15, 0.2) is 48.4 Å². The fraction of sp³-hybridized carbons (Fsp3) is 0.158. The van der Waals surface area contributed by atoms with Crippen LogP contribution in [0.5, 0.6) is 0 Å². The standard InChI is InChI=1S/C19H17F2N5O2/c1-11(6-14(8-20)28-19(23)24)15-7-13(3-4-16(15)21)26-18(27)17-5-2-12(9-22)10-25-17/h2-7,10-11H,8H2,1H3,(H3,23,24)(H,26,27)/b14-6-/t11-/m1/s1. The van der Waals surface area contributed by atoms with Crippen LogP contribution in [0.25, 0.3) is 0 Å². The fourth-order valence-corrected chi connectivity index (χ4v) is 2.38. The van der Waals surface area contributed by atoms with Crippen LogP contribution in [0.2, 0.25) is 0 Å². The van der Waals surface area contributed by atoms with Crippen molar-refractivity contribution in [3.63, 3.8) is 0 Å². The number of amidine groups is 1. The molecule has 4 N–H and O–H groups in total. The number of alkyl halides is 1. The van der Waals surface area contributed by atoms with Crippen LogP contribution in [-0.2, 0) is 4.74 Å². The highest BCUT2D eigenvalue weighted by molar-refractivity contribution is 6.02. The average molecular weight is 385 g/mol. The van der Waals surface area contributed by atoms with Gasteiger partial charge < -0.3 is 15.8 Å². The van der Waals surface area contributed by atoms with E-state index in [0.717, 1.165) is 0 Å². The first-order valence-electron chi connectivity index (χ1n) is 8.09. The monoisotopic (exact) mass is 385 g/mol. The minimum Gasteiger partial charge on any atom is -0.428 e. The molecular weight excluding hydrogens is 368 g/mol. The Bertz CT molecular complexity index is 952. The van der Waals surface area contributed by atoms with E-state index < -0.39 is 30.3 Å². The van der Waals surface area contributed by atoms with E-state index in [2.05, 4.69) is 10.3 Å². The molecule has 7 nitrogen and oxygen atoms in total. The number of carbonyl (C=O) groups is 1. The lowest BCUT2D eigenvalue weighted by Crippen LogP contribution is -2.15. The van der Waals surface area contributed by atoms with E-state index in [0.29, 0.717) is 11.3 Å². The Kier molecular flexibility index (Phi) is 6.76. The number of nitrogens with zero attached hydrogens (tertiary/aromatic N) is 2. The molecule has 2 rings (SSSR count). The molecule has 0 bridgehead atoms. The van der Waals surface area contributed by atoms with Crippen molar-refractivity contribution in [2.45, 2.75) is 12.8 Å². The van der Waals surface area contributed by atoms with Crippen LogP contribution in [0.3, 0.4) is 0 Å². The predicted molar refractivity (Wildman–Crippen MR) is 98.8 cm³/mol. The number of benzene rings is 1. The Hall–Kier alpha value is -3.80. The van der Waals surface area contributed by atoms with E-state index in [1.165, 1.54) is 42.6 Å². The smallest absolute Gasteiger partial charge is 0.284 e. The van der Waals surface area contributed by atoms with Crippen molar-refractivity contribution in [2.24, 2.45) is 5.73 Å². The maximum absolute atomic E-state index is 14.2. The predicted octanol–water partition coefficient (Wildman–Crippen LogP) is 3.21. The highest BCUT2D eigenvalue weighted by atomic mass is 19.1. The average Bonchev–Trinajstić information content (AvgIpc) is 2.68. The molecule has 1 aromatic heterocycles. The molecule has 9 heteroatoms. The second-order valence-corrected chi connectivity index (χ2v) is 5.76. The molecule has 0 aliphatic carbocycles. The zero-order chi connectivity index (χ0) is 20.7. The van der Waals surface area contributed by atoms with Crippen molar-refractivity contribution in [1.29, 1.82) is 10.7 Å². The highest BCUT2D eigenvalue weighted by Gasteiger charge is 2.14. The lowest BCUT2D eigenvalue weighted by molar-refractivity contribution is 0.102. The second kappa shape index (κ2) is 9.23. The molecule has 0 radical (unpaired) electrons. The van der Waals surface area contributed by atoms with Crippen LogP contribution in [0.1, 0.15) is 34.5 Å². The Morgan fingerprint density at radius 1 is 1.46 bits per heavy atom. The van der Waals surface area contributed by atoms with E-state index in [4.69, 9.17) is 21.1 Å². The minimum atomic E-state index is -1.01. The Labute approximate surface area is 160 Å². The normalized spacial score (nSPS) is 12.0. The summed E-state index contributed by atoms with van der Waals surface area (Å²) in [6.07, 6.45) is 2.57. The van der Waals surface area contributed by atoms with E-state index in [-0.39, 0.29) is 17.0 Å². The lowest BCUT2D eigenvalue weighted by atomic mass is 9.99. The number of rotatable bonds is 6. The highest BCUT2D eigenvalue weighted by Crippen LogP contribution is 2.25. The number of anilines is 1. The number of pyridine rings is 1. The first kappa shape index (κ1) is 20.5. The van der Waals surface area contributed by atoms with Gasteiger partial charge in [0, 0.05) is 17.8 Å². The summed E-state index contributed by atoms with van der Waals surface area (Å²) in [7, 11) is 0. The molecule has 2 aromatic rings. The van der Waals surface area contributed by atoms with Crippen molar-refractivity contribution in [3.05, 3.63) is 71.0 Å². The number of halogens is 2. The third-order valence-electron chi connectivity index (χ3n) is 3.68. The van der Waals surface area contributed by atoms with Crippen molar-refractivity contribution in [1.82, 2.24) is 4.98 Å². The number of hydrogen-bond acceptors (Lipinski definition) is 5. The van der Waals surface area contributed by atoms with E-state index in [9.17, 15) is 13.6 Å². The Balaban J connectivity index is 2.22. The summed E-state index contributed by atoms with van der Waals surface area (Å²) in [6, 6.07) is 8.03. The molecule has 0 spiro atoms. The summed E-state index contributed by atoms with van der Waals surface area (Å²) < 4.78 is 31.9. The fourth-order valence-electron chi connectivity index (χ4n) is 2.38. The molecule has 0 aliphatic rings. The zero-order valence-corrected chi connectivity index (χ0v) is 14.9. The largest absolute Gasteiger partial charge is 0.428 e. The minimum absolute atomic E-state index is 0.0902. The number of carbonyl (C=O) groups excluding carboxylic acids is 1. The van der Waals surface area contributed by atoms with Crippen LogP contribution in [-0.4, -0.2) is 23.6 Å². The van der Waals surface area contributed by atoms with Gasteiger partial charge in [-0.05, 0) is 42.0 Å². The van der Waals surface area contributed by atoms with Gasteiger partial charge in [0.1, 0.15) is 30.0 Å². The topological polar surface area (TPSA) is 125 Å². The van der Waals surface area contributed by atoms with Crippen LogP contribution < -0.4 is 11.1 Å². The van der Waals surface area contributed by atoms with Gasteiger partial charge >= 0.3 is 0 Å².